The Morgan fingerprint density at radius 1 is 1.33 bits per heavy atom. The van der Waals surface area contributed by atoms with Crippen LogP contribution in [-0.2, 0) is 9.53 Å². The van der Waals surface area contributed by atoms with E-state index in [1.807, 2.05) is 6.92 Å². The Bertz CT molecular complexity index is 200. The number of carbonyl (C=O) groups is 1. The van der Waals surface area contributed by atoms with Gasteiger partial charge in [-0.25, -0.2) is 0 Å². The van der Waals surface area contributed by atoms with Crippen LogP contribution in [0.25, 0.3) is 0 Å². The van der Waals surface area contributed by atoms with Gasteiger partial charge in [-0.15, -0.1) is 0 Å². The second-order valence-corrected chi connectivity index (χ2v) is 4.35. The normalized spacial score (nSPS) is 47.0. The molecule has 0 unspecified atom stereocenters. The molecular formula is C10H16O2. The van der Waals surface area contributed by atoms with Crippen molar-refractivity contribution in [3.8, 4) is 0 Å². The summed E-state index contributed by atoms with van der Waals surface area (Å²) in [6, 6.07) is 0. The van der Waals surface area contributed by atoms with E-state index in [-0.39, 0.29) is 18.0 Å². The number of hydrogen-bond donors (Lipinski definition) is 0. The van der Waals surface area contributed by atoms with Crippen LogP contribution < -0.4 is 0 Å². The van der Waals surface area contributed by atoms with Gasteiger partial charge in [0.15, 0.2) is 0 Å². The SMILES string of the molecule is C[C@H]1CC[C@@H]2[C@H](C1)OC(=O)[C@H]2C. The molecule has 1 heterocycles. The molecule has 1 aliphatic carbocycles. The van der Waals surface area contributed by atoms with E-state index in [1.54, 1.807) is 0 Å². The van der Waals surface area contributed by atoms with Crippen molar-refractivity contribution in [1.82, 2.24) is 0 Å². The summed E-state index contributed by atoms with van der Waals surface area (Å²) in [5, 5.41) is 0. The lowest BCUT2D eigenvalue weighted by Gasteiger charge is -2.28. The van der Waals surface area contributed by atoms with Crippen molar-refractivity contribution in [3.63, 3.8) is 0 Å². The number of hydrogen-bond acceptors (Lipinski definition) is 2. The van der Waals surface area contributed by atoms with E-state index in [2.05, 4.69) is 6.92 Å². The zero-order valence-electron chi connectivity index (χ0n) is 7.75. The third-order valence-corrected chi connectivity index (χ3v) is 3.39. The van der Waals surface area contributed by atoms with Gasteiger partial charge < -0.3 is 4.74 Å². The van der Waals surface area contributed by atoms with Crippen LogP contribution in [0.2, 0.25) is 0 Å². The first-order chi connectivity index (χ1) is 5.68. The predicted molar refractivity (Wildman–Crippen MR) is 45.5 cm³/mol. The van der Waals surface area contributed by atoms with Crippen LogP contribution in [0.1, 0.15) is 33.1 Å². The molecule has 1 aliphatic heterocycles. The quantitative estimate of drug-likeness (QED) is 0.517. The third-order valence-electron chi connectivity index (χ3n) is 3.39. The minimum absolute atomic E-state index is 0.0269. The summed E-state index contributed by atoms with van der Waals surface area (Å²) in [4.78, 5) is 11.2. The van der Waals surface area contributed by atoms with Crippen molar-refractivity contribution in [2.75, 3.05) is 0 Å². The van der Waals surface area contributed by atoms with Gasteiger partial charge in [0.2, 0.25) is 0 Å². The van der Waals surface area contributed by atoms with E-state index >= 15 is 0 Å². The van der Waals surface area contributed by atoms with Gasteiger partial charge in [-0.05, 0) is 18.8 Å². The van der Waals surface area contributed by atoms with Gasteiger partial charge >= 0.3 is 5.97 Å². The summed E-state index contributed by atoms with van der Waals surface area (Å²) in [5.74, 6) is 1.44. The Labute approximate surface area is 73.3 Å². The zero-order valence-corrected chi connectivity index (χ0v) is 7.75. The minimum atomic E-state index is 0.0269. The van der Waals surface area contributed by atoms with Crippen molar-refractivity contribution in [3.05, 3.63) is 0 Å². The number of esters is 1. The first kappa shape index (κ1) is 8.09. The minimum Gasteiger partial charge on any atom is -0.462 e. The average molecular weight is 168 g/mol. The van der Waals surface area contributed by atoms with Gasteiger partial charge in [0, 0.05) is 5.92 Å². The van der Waals surface area contributed by atoms with Crippen molar-refractivity contribution >= 4 is 5.97 Å². The molecule has 68 valence electrons. The van der Waals surface area contributed by atoms with E-state index in [9.17, 15) is 4.79 Å². The topological polar surface area (TPSA) is 26.3 Å². The highest BCUT2D eigenvalue weighted by molar-refractivity contribution is 5.74. The second-order valence-electron chi connectivity index (χ2n) is 4.35. The maximum Gasteiger partial charge on any atom is 0.309 e. The highest BCUT2D eigenvalue weighted by Gasteiger charge is 2.43. The first-order valence-corrected chi connectivity index (χ1v) is 4.89. The van der Waals surface area contributed by atoms with Crippen LogP contribution in [0.3, 0.4) is 0 Å². The zero-order chi connectivity index (χ0) is 8.72. The van der Waals surface area contributed by atoms with Crippen molar-refractivity contribution in [1.29, 1.82) is 0 Å². The lowest BCUT2D eigenvalue weighted by Crippen LogP contribution is -2.27. The molecule has 4 atom stereocenters. The van der Waals surface area contributed by atoms with E-state index in [0.29, 0.717) is 5.92 Å². The largest absolute Gasteiger partial charge is 0.462 e. The Hall–Kier alpha value is -0.530. The van der Waals surface area contributed by atoms with E-state index in [1.165, 1.54) is 12.8 Å². The smallest absolute Gasteiger partial charge is 0.309 e. The van der Waals surface area contributed by atoms with Crippen LogP contribution in [0.15, 0.2) is 0 Å². The fourth-order valence-corrected chi connectivity index (χ4v) is 2.49. The summed E-state index contributed by atoms with van der Waals surface area (Å²) in [5.41, 5.74) is 0. The van der Waals surface area contributed by atoms with Crippen molar-refractivity contribution in [2.45, 2.75) is 39.2 Å². The molecule has 2 aliphatic rings. The van der Waals surface area contributed by atoms with Crippen LogP contribution in [-0.4, -0.2) is 12.1 Å². The maximum atomic E-state index is 11.2. The fourth-order valence-electron chi connectivity index (χ4n) is 2.49. The summed E-state index contributed by atoms with van der Waals surface area (Å²) in [6.07, 6.45) is 3.78. The van der Waals surface area contributed by atoms with Gasteiger partial charge in [0.25, 0.3) is 0 Å². The molecule has 1 saturated heterocycles. The lowest BCUT2D eigenvalue weighted by molar-refractivity contribution is -0.144. The molecule has 0 aromatic rings. The Kier molecular flexibility index (Phi) is 1.85. The van der Waals surface area contributed by atoms with Gasteiger partial charge in [-0.2, -0.15) is 0 Å². The van der Waals surface area contributed by atoms with Gasteiger partial charge in [0.1, 0.15) is 6.10 Å². The van der Waals surface area contributed by atoms with Crippen LogP contribution in [0, 0.1) is 17.8 Å². The van der Waals surface area contributed by atoms with Crippen LogP contribution in [0.4, 0.5) is 0 Å². The average Bonchev–Trinajstić information content (AvgIpc) is 2.28. The van der Waals surface area contributed by atoms with Gasteiger partial charge in [-0.3, -0.25) is 4.79 Å². The summed E-state index contributed by atoms with van der Waals surface area (Å²) in [7, 11) is 0. The highest BCUT2D eigenvalue weighted by Crippen LogP contribution is 2.40. The molecule has 0 radical (unpaired) electrons. The molecule has 0 spiro atoms. The molecule has 0 N–H and O–H groups in total. The Balaban J connectivity index is 2.09. The highest BCUT2D eigenvalue weighted by atomic mass is 16.6. The summed E-state index contributed by atoms with van der Waals surface area (Å²) in [6.45, 7) is 4.25. The summed E-state index contributed by atoms with van der Waals surface area (Å²) < 4.78 is 5.31. The maximum absolute atomic E-state index is 11.2. The van der Waals surface area contributed by atoms with E-state index in [0.717, 1.165) is 12.3 Å². The molecule has 0 aromatic heterocycles. The lowest BCUT2D eigenvalue weighted by atomic mass is 9.77. The molecule has 2 heteroatoms. The first-order valence-electron chi connectivity index (χ1n) is 4.89. The Morgan fingerprint density at radius 2 is 2.08 bits per heavy atom. The van der Waals surface area contributed by atoms with Crippen LogP contribution in [0.5, 0.6) is 0 Å². The Morgan fingerprint density at radius 3 is 2.83 bits per heavy atom. The predicted octanol–water partition coefficient (Wildman–Crippen LogP) is 1.98. The molecule has 2 rings (SSSR count). The molecule has 12 heavy (non-hydrogen) atoms. The fraction of sp³-hybridized carbons (Fsp3) is 0.900. The van der Waals surface area contributed by atoms with Gasteiger partial charge in [0.05, 0.1) is 5.92 Å². The number of carbonyl (C=O) groups excluding carboxylic acids is 1. The number of fused-ring (bicyclic) bond motifs is 1. The summed E-state index contributed by atoms with van der Waals surface area (Å²) >= 11 is 0. The molecule has 0 aromatic carbocycles. The number of ether oxygens (including phenoxy) is 1. The third kappa shape index (κ3) is 1.13. The molecule has 2 nitrogen and oxygen atoms in total. The van der Waals surface area contributed by atoms with Gasteiger partial charge in [-0.1, -0.05) is 20.3 Å². The second kappa shape index (κ2) is 2.75. The molecular weight excluding hydrogens is 152 g/mol. The van der Waals surface area contributed by atoms with E-state index in [4.69, 9.17) is 4.74 Å². The van der Waals surface area contributed by atoms with E-state index < -0.39 is 0 Å². The monoisotopic (exact) mass is 168 g/mol. The van der Waals surface area contributed by atoms with Crippen molar-refractivity contribution < 1.29 is 9.53 Å². The molecule has 2 fully saturated rings. The molecule has 0 amide bonds. The van der Waals surface area contributed by atoms with Crippen molar-refractivity contribution in [2.24, 2.45) is 17.8 Å². The standard InChI is InChI=1S/C10H16O2/c1-6-3-4-8-7(2)10(11)12-9(8)5-6/h6-9H,3-5H2,1-2H3/t6-,7-,8-,9-/m0/s1. The molecule has 0 bridgehead atoms. The van der Waals surface area contributed by atoms with Crippen LogP contribution >= 0.6 is 0 Å². The molecule has 1 saturated carbocycles. The number of rotatable bonds is 0.